The summed E-state index contributed by atoms with van der Waals surface area (Å²) in [5.74, 6) is -0.313. The van der Waals surface area contributed by atoms with Crippen LogP contribution in [0.5, 0.6) is 0 Å². The van der Waals surface area contributed by atoms with Crippen LogP contribution in [0.25, 0.3) is 0 Å². The van der Waals surface area contributed by atoms with Gasteiger partial charge >= 0.3 is 5.97 Å². The van der Waals surface area contributed by atoms with Gasteiger partial charge in [-0.2, -0.15) is 0 Å². The van der Waals surface area contributed by atoms with Crippen molar-refractivity contribution in [2.24, 2.45) is 5.73 Å². The van der Waals surface area contributed by atoms with Crippen LogP contribution in [0.15, 0.2) is 0 Å². The monoisotopic (exact) mass is 273 g/mol. The number of hydrogen-bond donors (Lipinski definition) is 1. The second kappa shape index (κ2) is 6.68. The van der Waals surface area contributed by atoms with Gasteiger partial charge in [0.15, 0.2) is 0 Å². The molecule has 0 aromatic carbocycles. The van der Waals surface area contributed by atoms with Gasteiger partial charge in [0.1, 0.15) is 5.54 Å². The zero-order chi connectivity index (χ0) is 14.5. The van der Waals surface area contributed by atoms with Crippen molar-refractivity contribution >= 4 is 5.97 Å². The van der Waals surface area contributed by atoms with Crippen LogP contribution in [0.1, 0.15) is 47.0 Å². The first-order chi connectivity index (χ1) is 8.77. The van der Waals surface area contributed by atoms with Gasteiger partial charge in [-0.1, -0.05) is 0 Å². The summed E-state index contributed by atoms with van der Waals surface area (Å²) in [6.45, 7) is 9.26. The molecule has 1 fully saturated rings. The molecule has 0 heterocycles. The Labute approximate surface area is 115 Å². The molecule has 5 heteroatoms. The van der Waals surface area contributed by atoms with Crippen LogP contribution >= 0.6 is 0 Å². The average molecular weight is 273 g/mol. The van der Waals surface area contributed by atoms with Crippen molar-refractivity contribution in [3.05, 3.63) is 0 Å². The lowest BCUT2D eigenvalue weighted by atomic mass is 9.99. The van der Waals surface area contributed by atoms with Crippen LogP contribution in [0.3, 0.4) is 0 Å². The maximum Gasteiger partial charge on any atom is 0.326 e. The van der Waals surface area contributed by atoms with Gasteiger partial charge in [-0.05, 0) is 40.5 Å². The van der Waals surface area contributed by atoms with E-state index in [-0.39, 0.29) is 17.7 Å². The maximum atomic E-state index is 11.7. The Morgan fingerprint density at radius 1 is 1.37 bits per heavy atom. The van der Waals surface area contributed by atoms with Crippen LogP contribution in [0.2, 0.25) is 0 Å². The van der Waals surface area contributed by atoms with Gasteiger partial charge in [0.05, 0.1) is 31.5 Å². The summed E-state index contributed by atoms with van der Waals surface area (Å²) in [6, 6.07) is 0. The molecule has 0 radical (unpaired) electrons. The van der Waals surface area contributed by atoms with Crippen molar-refractivity contribution in [1.29, 1.82) is 0 Å². The van der Waals surface area contributed by atoms with Crippen LogP contribution in [0, 0.1) is 0 Å². The second-order valence-electron chi connectivity index (χ2n) is 6.07. The van der Waals surface area contributed by atoms with Gasteiger partial charge < -0.3 is 19.9 Å². The molecule has 0 spiro atoms. The highest BCUT2D eigenvalue weighted by Crippen LogP contribution is 2.31. The molecule has 1 saturated carbocycles. The van der Waals surface area contributed by atoms with Gasteiger partial charge in [-0.25, -0.2) is 0 Å². The van der Waals surface area contributed by atoms with Crippen molar-refractivity contribution in [3.63, 3.8) is 0 Å². The molecule has 0 amide bonds. The van der Waals surface area contributed by atoms with Gasteiger partial charge in [-0.15, -0.1) is 0 Å². The van der Waals surface area contributed by atoms with E-state index in [9.17, 15) is 4.79 Å². The number of carbonyl (C=O) groups is 1. The molecule has 0 saturated heterocycles. The SMILES string of the molecule is CCOC(=O)C1(N)CCC(OCCOC(C)(C)C)C1. The Morgan fingerprint density at radius 2 is 2.05 bits per heavy atom. The lowest BCUT2D eigenvalue weighted by molar-refractivity contribution is -0.149. The van der Waals surface area contributed by atoms with Crippen LogP contribution in [0.4, 0.5) is 0 Å². The fraction of sp³-hybridized carbons (Fsp3) is 0.929. The first kappa shape index (κ1) is 16.4. The Bertz CT molecular complexity index is 300. The van der Waals surface area contributed by atoms with Gasteiger partial charge in [0, 0.05) is 6.42 Å². The minimum Gasteiger partial charge on any atom is -0.465 e. The minimum absolute atomic E-state index is 0.0259. The largest absolute Gasteiger partial charge is 0.465 e. The van der Waals surface area contributed by atoms with Crippen molar-refractivity contribution < 1.29 is 19.0 Å². The quantitative estimate of drug-likeness (QED) is 0.588. The van der Waals surface area contributed by atoms with Crippen LogP contribution < -0.4 is 5.73 Å². The molecule has 0 aromatic rings. The third-order valence-electron chi connectivity index (χ3n) is 3.16. The molecule has 0 aromatic heterocycles. The highest BCUT2D eigenvalue weighted by Gasteiger charge is 2.43. The third-order valence-corrected chi connectivity index (χ3v) is 3.16. The first-order valence-electron chi connectivity index (χ1n) is 6.98. The summed E-state index contributed by atoms with van der Waals surface area (Å²) in [4.78, 5) is 11.7. The third kappa shape index (κ3) is 5.47. The normalized spacial score (nSPS) is 27.5. The van der Waals surface area contributed by atoms with E-state index >= 15 is 0 Å². The molecule has 1 rings (SSSR count). The number of carbonyl (C=O) groups excluding carboxylic acids is 1. The summed E-state index contributed by atoms with van der Waals surface area (Å²) in [5.41, 5.74) is 5.05. The molecule has 1 aliphatic rings. The van der Waals surface area contributed by atoms with Gasteiger partial charge in [-0.3, -0.25) is 4.79 Å². The molecule has 0 bridgehead atoms. The van der Waals surface area contributed by atoms with E-state index in [2.05, 4.69) is 0 Å². The number of rotatable bonds is 6. The topological polar surface area (TPSA) is 70.8 Å². The molecule has 2 unspecified atom stereocenters. The van der Waals surface area contributed by atoms with E-state index in [1.54, 1.807) is 6.92 Å². The predicted octanol–water partition coefficient (Wildman–Crippen LogP) is 1.63. The lowest BCUT2D eigenvalue weighted by Gasteiger charge is -2.22. The van der Waals surface area contributed by atoms with Gasteiger partial charge in [0.25, 0.3) is 0 Å². The van der Waals surface area contributed by atoms with E-state index in [0.29, 0.717) is 32.7 Å². The van der Waals surface area contributed by atoms with E-state index in [4.69, 9.17) is 19.9 Å². The predicted molar refractivity (Wildman–Crippen MR) is 72.8 cm³/mol. The second-order valence-corrected chi connectivity index (χ2v) is 6.07. The minimum atomic E-state index is -0.869. The highest BCUT2D eigenvalue weighted by atomic mass is 16.5. The van der Waals surface area contributed by atoms with Gasteiger partial charge in [0.2, 0.25) is 0 Å². The standard InChI is InChI=1S/C14H27NO4/c1-5-17-12(16)14(15)7-6-11(10-14)18-8-9-19-13(2,3)4/h11H,5-10,15H2,1-4H3. The van der Waals surface area contributed by atoms with E-state index in [0.717, 1.165) is 6.42 Å². The molecular formula is C14H27NO4. The summed E-state index contributed by atoms with van der Waals surface area (Å²) < 4.78 is 16.3. The molecule has 2 N–H and O–H groups in total. The summed E-state index contributed by atoms with van der Waals surface area (Å²) in [7, 11) is 0. The highest BCUT2D eigenvalue weighted by molar-refractivity contribution is 5.81. The zero-order valence-electron chi connectivity index (χ0n) is 12.5. The molecule has 112 valence electrons. The van der Waals surface area contributed by atoms with E-state index in [1.165, 1.54) is 0 Å². The van der Waals surface area contributed by atoms with Crippen molar-refractivity contribution in [2.75, 3.05) is 19.8 Å². The van der Waals surface area contributed by atoms with Crippen molar-refractivity contribution in [3.8, 4) is 0 Å². The van der Waals surface area contributed by atoms with Crippen LogP contribution in [-0.2, 0) is 19.0 Å². The number of hydrogen-bond acceptors (Lipinski definition) is 5. The number of nitrogens with two attached hydrogens (primary N) is 1. The smallest absolute Gasteiger partial charge is 0.326 e. The first-order valence-corrected chi connectivity index (χ1v) is 6.98. The van der Waals surface area contributed by atoms with Crippen molar-refractivity contribution in [1.82, 2.24) is 0 Å². The number of esters is 1. The molecule has 19 heavy (non-hydrogen) atoms. The van der Waals surface area contributed by atoms with E-state index < -0.39 is 5.54 Å². The molecular weight excluding hydrogens is 246 g/mol. The molecule has 5 nitrogen and oxygen atoms in total. The molecule has 2 atom stereocenters. The summed E-state index contributed by atoms with van der Waals surface area (Å²) in [6.07, 6.45) is 1.97. The Morgan fingerprint density at radius 3 is 2.63 bits per heavy atom. The zero-order valence-corrected chi connectivity index (χ0v) is 12.5. The Hall–Kier alpha value is -0.650. The van der Waals surface area contributed by atoms with E-state index in [1.807, 2.05) is 20.8 Å². The maximum absolute atomic E-state index is 11.7. The molecule has 0 aliphatic heterocycles. The number of ether oxygens (including phenoxy) is 3. The molecule has 1 aliphatic carbocycles. The fourth-order valence-corrected chi connectivity index (χ4v) is 2.19. The Kier molecular flexibility index (Phi) is 5.77. The Balaban J connectivity index is 2.27. The lowest BCUT2D eigenvalue weighted by Crippen LogP contribution is -2.47. The summed E-state index contributed by atoms with van der Waals surface area (Å²) >= 11 is 0. The van der Waals surface area contributed by atoms with Crippen LogP contribution in [-0.4, -0.2) is 43.0 Å². The fourth-order valence-electron chi connectivity index (χ4n) is 2.19. The average Bonchev–Trinajstić information content (AvgIpc) is 2.67. The van der Waals surface area contributed by atoms with Crippen molar-refractivity contribution in [2.45, 2.75) is 64.2 Å². The summed E-state index contributed by atoms with van der Waals surface area (Å²) in [5, 5.41) is 0.